The van der Waals surface area contributed by atoms with Gasteiger partial charge in [0.1, 0.15) is 5.75 Å². The van der Waals surface area contributed by atoms with Crippen LogP contribution < -0.4 is 16.2 Å². The van der Waals surface area contributed by atoms with Crippen LogP contribution in [0.3, 0.4) is 0 Å². The van der Waals surface area contributed by atoms with Crippen LogP contribution in [-0.4, -0.2) is 6.09 Å². The van der Waals surface area contributed by atoms with Crippen molar-refractivity contribution in [3.63, 3.8) is 0 Å². The average molecular weight is 203 g/mol. The van der Waals surface area contributed by atoms with Gasteiger partial charge in [0.25, 0.3) is 0 Å². The van der Waals surface area contributed by atoms with Crippen LogP contribution in [0.1, 0.15) is 5.56 Å². The lowest BCUT2D eigenvalue weighted by Crippen LogP contribution is -2.16. The molecule has 13 heavy (non-hydrogen) atoms. The third-order valence-electron chi connectivity index (χ3n) is 1.35. The van der Waals surface area contributed by atoms with E-state index in [0.29, 0.717) is 12.3 Å². The van der Waals surface area contributed by atoms with Crippen molar-refractivity contribution in [2.24, 2.45) is 11.5 Å². The quantitative estimate of drug-likeness (QED) is 0.752. The number of hydrogen-bond acceptors (Lipinski definition) is 3. The van der Waals surface area contributed by atoms with E-state index in [1.807, 2.05) is 6.07 Å². The van der Waals surface area contributed by atoms with Gasteiger partial charge in [-0.1, -0.05) is 12.1 Å². The SMILES string of the molecule is Cl.NCc1cccc(OC(N)=O)c1. The molecular formula is C8H11ClN2O2. The minimum absolute atomic E-state index is 0. The van der Waals surface area contributed by atoms with E-state index in [0.717, 1.165) is 5.56 Å². The number of hydrogen-bond donors (Lipinski definition) is 2. The molecule has 0 bridgehead atoms. The molecule has 4 nitrogen and oxygen atoms in total. The summed E-state index contributed by atoms with van der Waals surface area (Å²) in [5.74, 6) is 0.422. The van der Waals surface area contributed by atoms with Gasteiger partial charge in [0.05, 0.1) is 0 Å². The van der Waals surface area contributed by atoms with E-state index in [9.17, 15) is 4.79 Å². The molecule has 0 heterocycles. The molecule has 5 heteroatoms. The second-order valence-corrected chi connectivity index (χ2v) is 2.27. The highest BCUT2D eigenvalue weighted by atomic mass is 35.5. The van der Waals surface area contributed by atoms with Gasteiger partial charge >= 0.3 is 6.09 Å². The Kier molecular flexibility index (Phi) is 4.87. The first-order valence-corrected chi connectivity index (χ1v) is 3.48. The van der Waals surface area contributed by atoms with Crippen LogP contribution in [0.4, 0.5) is 4.79 Å². The van der Waals surface area contributed by atoms with Crippen LogP contribution in [-0.2, 0) is 6.54 Å². The number of carbonyl (C=O) groups excluding carboxylic acids is 1. The van der Waals surface area contributed by atoms with Gasteiger partial charge in [0, 0.05) is 6.54 Å². The molecule has 1 rings (SSSR count). The molecule has 0 saturated heterocycles. The van der Waals surface area contributed by atoms with Crippen molar-refractivity contribution in [2.45, 2.75) is 6.54 Å². The number of rotatable bonds is 2. The van der Waals surface area contributed by atoms with Crippen molar-refractivity contribution < 1.29 is 9.53 Å². The van der Waals surface area contributed by atoms with Crippen molar-refractivity contribution >= 4 is 18.5 Å². The fourth-order valence-electron chi connectivity index (χ4n) is 0.852. The lowest BCUT2D eigenvalue weighted by molar-refractivity contribution is 0.211. The number of primary amides is 1. The van der Waals surface area contributed by atoms with Crippen molar-refractivity contribution in [3.8, 4) is 5.75 Å². The van der Waals surface area contributed by atoms with E-state index < -0.39 is 6.09 Å². The number of nitrogens with two attached hydrogens (primary N) is 2. The van der Waals surface area contributed by atoms with Crippen molar-refractivity contribution in [3.05, 3.63) is 29.8 Å². The molecule has 1 aromatic rings. The van der Waals surface area contributed by atoms with Crippen LogP contribution in [0.2, 0.25) is 0 Å². The zero-order chi connectivity index (χ0) is 8.97. The van der Waals surface area contributed by atoms with Gasteiger partial charge in [-0.3, -0.25) is 0 Å². The Labute approximate surface area is 82.3 Å². The number of halogens is 1. The number of benzene rings is 1. The van der Waals surface area contributed by atoms with E-state index in [2.05, 4.69) is 4.74 Å². The topological polar surface area (TPSA) is 78.3 Å². The summed E-state index contributed by atoms with van der Waals surface area (Å²) >= 11 is 0. The molecule has 0 atom stereocenters. The van der Waals surface area contributed by atoms with E-state index in [-0.39, 0.29) is 12.4 Å². The molecule has 0 aromatic heterocycles. The molecule has 72 valence electrons. The largest absolute Gasteiger partial charge is 0.410 e. The summed E-state index contributed by atoms with van der Waals surface area (Å²) in [5, 5.41) is 0. The standard InChI is InChI=1S/C8H10N2O2.ClH/c9-5-6-2-1-3-7(4-6)12-8(10)11;/h1-4H,5,9H2,(H2,10,11);1H. The molecule has 0 unspecified atom stereocenters. The highest BCUT2D eigenvalue weighted by Gasteiger charge is 1.98. The maximum absolute atomic E-state index is 10.3. The first kappa shape index (κ1) is 11.7. The molecule has 1 aromatic carbocycles. The smallest absolute Gasteiger partial charge is 0.409 e. The van der Waals surface area contributed by atoms with E-state index in [1.54, 1.807) is 18.2 Å². The zero-order valence-corrected chi connectivity index (χ0v) is 7.71. The maximum Gasteiger partial charge on any atom is 0.409 e. The van der Waals surface area contributed by atoms with Gasteiger partial charge in [-0.2, -0.15) is 0 Å². The second kappa shape index (κ2) is 5.40. The van der Waals surface area contributed by atoms with Crippen LogP contribution in [0.25, 0.3) is 0 Å². The summed E-state index contributed by atoms with van der Waals surface area (Å²) in [4.78, 5) is 10.3. The van der Waals surface area contributed by atoms with E-state index in [4.69, 9.17) is 11.5 Å². The van der Waals surface area contributed by atoms with Crippen molar-refractivity contribution in [2.75, 3.05) is 0 Å². The minimum Gasteiger partial charge on any atom is -0.410 e. The fraction of sp³-hybridized carbons (Fsp3) is 0.125. The molecule has 0 spiro atoms. The van der Waals surface area contributed by atoms with Crippen molar-refractivity contribution in [1.29, 1.82) is 0 Å². The van der Waals surface area contributed by atoms with E-state index >= 15 is 0 Å². The monoisotopic (exact) mass is 202 g/mol. The molecule has 0 radical (unpaired) electrons. The van der Waals surface area contributed by atoms with Gasteiger partial charge in [-0.15, -0.1) is 12.4 Å². The number of ether oxygens (including phenoxy) is 1. The van der Waals surface area contributed by atoms with Crippen molar-refractivity contribution in [1.82, 2.24) is 0 Å². The summed E-state index contributed by atoms with van der Waals surface area (Å²) in [7, 11) is 0. The molecule has 0 aliphatic rings. The van der Waals surface area contributed by atoms with Crippen LogP contribution in [0.15, 0.2) is 24.3 Å². The highest BCUT2D eigenvalue weighted by molar-refractivity contribution is 5.85. The third-order valence-corrected chi connectivity index (χ3v) is 1.35. The summed E-state index contributed by atoms with van der Waals surface area (Å²) in [6, 6.07) is 6.91. The summed E-state index contributed by atoms with van der Waals surface area (Å²) in [6.07, 6.45) is -0.816. The Morgan fingerprint density at radius 3 is 2.69 bits per heavy atom. The first-order valence-electron chi connectivity index (χ1n) is 3.48. The first-order chi connectivity index (χ1) is 5.72. The summed E-state index contributed by atoms with van der Waals surface area (Å²) in [6.45, 7) is 0.413. The minimum atomic E-state index is -0.816. The molecule has 0 fully saturated rings. The normalized spacial score (nSPS) is 8.69. The van der Waals surface area contributed by atoms with Crippen LogP contribution in [0.5, 0.6) is 5.75 Å². The molecule has 0 aliphatic carbocycles. The Hall–Kier alpha value is -1.26. The Morgan fingerprint density at radius 2 is 2.15 bits per heavy atom. The Balaban J connectivity index is 0.00000144. The molecule has 4 N–H and O–H groups in total. The fourth-order valence-corrected chi connectivity index (χ4v) is 0.852. The maximum atomic E-state index is 10.3. The molecule has 1 amide bonds. The zero-order valence-electron chi connectivity index (χ0n) is 6.90. The highest BCUT2D eigenvalue weighted by Crippen LogP contribution is 2.12. The number of amides is 1. The van der Waals surface area contributed by atoms with Gasteiger partial charge in [0.2, 0.25) is 0 Å². The molecular weight excluding hydrogens is 192 g/mol. The second-order valence-electron chi connectivity index (χ2n) is 2.27. The number of carbonyl (C=O) groups is 1. The van der Waals surface area contributed by atoms with E-state index in [1.165, 1.54) is 0 Å². The van der Waals surface area contributed by atoms with Gasteiger partial charge in [-0.25, -0.2) is 4.79 Å². The molecule has 0 aliphatic heterocycles. The lowest BCUT2D eigenvalue weighted by atomic mass is 10.2. The summed E-state index contributed by atoms with van der Waals surface area (Å²) in [5.41, 5.74) is 11.1. The third kappa shape index (κ3) is 3.78. The Morgan fingerprint density at radius 1 is 1.46 bits per heavy atom. The molecule has 0 saturated carbocycles. The predicted octanol–water partition coefficient (Wildman–Crippen LogP) is 1.02. The van der Waals surface area contributed by atoms with Gasteiger partial charge in [0.15, 0.2) is 0 Å². The van der Waals surface area contributed by atoms with Crippen LogP contribution in [0, 0.1) is 0 Å². The lowest BCUT2D eigenvalue weighted by Gasteiger charge is -2.01. The van der Waals surface area contributed by atoms with Gasteiger partial charge < -0.3 is 16.2 Å². The summed E-state index contributed by atoms with van der Waals surface area (Å²) < 4.78 is 4.64. The van der Waals surface area contributed by atoms with Gasteiger partial charge in [-0.05, 0) is 17.7 Å². The Bertz CT molecular complexity index is 291. The predicted molar refractivity (Wildman–Crippen MR) is 51.8 cm³/mol. The average Bonchev–Trinajstić information content (AvgIpc) is 2.03. The van der Waals surface area contributed by atoms with Crippen LogP contribution >= 0.6 is 12.4 Å².